The van der Waals surface area contributed by atoms with Crippen LogP contribution in [0.2, 0.25) is 0 Å². The zero-order chi connectivity index (χ0) is 13.0. The lowest BCUT2D eigenvalue weighted by molar-refractivity contribution is -0.115. The summed E-state index contributed by atoms with van der Waals surface area (Å²) in [6.07, 6.45) is 2.15. The molecule has 2 aromatic rings. The summed E-state index contributed by atoms with van der Waals surface area (Å²) in [5.41, 5.74) is 1.13. The fraction of sp³-hybridized carbons (Fsp3) is 0.231. The van der Waals surface area contributed by atoms with Crippen LogP contribution in [0.25, 0.3) is 0 Å². The molecule has 1 heterocycles. The second-order valence-electron chi connectivity index (χ2n) is 3.90. The predicted octanol–water partition coefficient (Wildman–Crippen LogP) is 3.04. The maximum atomic E-state index is 11.4. The minimum atomic E-state index is -0.00689. The van der Waals surface area contributed by atoms with E-state index >= 15 is 0 Å². The number of nitrogens with one attached hydrogen (secondary N) is 1. The van der Waals surface area contributed by atoms with Gasteiger partial charge in [0.25, 0.3) is 0 Å². The Morgan fingerprint density at radius 1 is 1.33 bits per heavy atom. The van der Waals surface area contributed by atoms with Gasteiger partial charge in [-0.3, -0.25) is 4.79 Å². The van der Waals surface area contributed by atoms with E-state index in [2.05, 4.69) is 26.3 Å². The first kappa shape index (κ1) is 12.8. The van der Waals surface area contributed by atoms with Crippen LogP contribution in [0.5, 0.6) is 0 Å². The van der Waals surface area contributed by atoms with Crippen LogP contribution in [0.15, 0.2) is 41.0 Å². The summed E-state index contributed by atoms with van der Waals surface area (Å²) in [6, 6.07) is 9.83. The molecule has 0 unspecified atom stereocenters. The standard InChI is InChI=1S/C13H14BrN3O/c1-2-13(18)16-12-7-8-15-17(12)9-10-3-5-11(14)6-4-10/h3-8H,2,9H2,1H3,(H,16,18). The van der Waals surface area contributed by atoms with Gasteiger partial charge in [0.2, 0.25) is 5.91 Å². The van der Waals surface area contributed by atoms with Crippen LogP contribution in [0, 0.1) is 0 Å². The van der Waals surface area contributed by atoms with E-state index in [1.54, 1.807) is 16.9 Å². The zero-order valence-electron chi connectivity index (χ0n) is 10.1. The number of hydrogen-bond donors (Lipinski definition) is 1. The summed E-state index contributed by atoms with van der Waals surface area (Å²) in [5, 5.41) is 7.04. The first-order valence-corrected chi connectivity index (χ1v) is 6.54. The van der Waals surface area contributed by atoms with Crippen molar-refractivity contribution in [2.75, 3.05) is 5.32 Å². The Bertz CT molecular complexity index is 533. The molecule has 2 rings (SSSR count). The molecule has 4 nitrogen and oxygen atoms in total. The lowest BCUT2D eigenvalue weighted by Crippen LogP contribution is -2.14. The second-order valence-corrected chi connectivity index (χ2v) is 4.82. The number of carbonyl (C=O) groups is 1. The van der Waals surface area contributed by atoms with Crippen molar-refractivity contribution < 1.29 is 4.79 Å². The highest BCUT2D eigenvalue weighted by Crippen LogP contribution is 2.14. The molecule has 0 spiro atoms. The number of amides is 1. The molecule has 0 saturated heterocycles. The van der Waals surface area contributed by atoms with E-state index in [4.69, 9.17) is 0 Å². The predicted molar refractivity (Wildman–Crippen MR) is 74.4 cm³/mol. The molecule has 1 N–H and O–H groups in total. The van der Waals surface area contributed by atoms with Crippen molar-refractivity contribution in [3.8, 4) is 0 Å². The van der Waals surface area contributed by atoms with Crippen molar-refractivity contribution in [3.63, 3.8) is 0 Å². The number of carbonyl (C=O) groups excluding carboxylic acids is 1. The number of anilines is 1. The number of aromatic nitrogens is 2. The molecule has 94 valence electrons. The summed E-state index contributed by atoms with van der Waals surface area (Å²) in [6.45, 7) is 2.46. The zero-order valence-corrected chi connectivity index (χ0v) is 11.6. The highest BCUT2D eigenvalue weighted by Gasteiger charge is 2.06. The number of halogens is 1. The first-order valence-electron chi connectivity index (χ1n) is 5.75. The Morgan fingerprint density at radius 3 is 2.72 bits per heavy atom. The lowest BCUT2D eigenvalue weighted by Gasteiger charge is -2.08. The molecule has 1 amide bonds. The Balaban J connectivity index is 2.12. The van der Waals surface area contributed by atoms with Crippen molar-refractivity contribution >= 4 is 27.7 Å². The molecule has 0 aliphatic rings. The van der Waals surface area contributed by atoms with Gasteiger partial charge < -0.3 is 5.32 Å². The Morgan fingerprint density at radius 2 is 2.06 bits per heavy atom. The smallest absolute Gasteiger partial charge is 0.225 e. The van der Waals surface area contributed by atoms with E-state index in [1.807, 2.05) is 31.2 Å². The highest BCUT2D eigenvalue weighted by atomic mass is 79.9. The van der Waals surface area contributed by atoms with Gasteiger partial charge in [0, 0.05) is 17.0 Å². The third kappa shape index (κ3) is 3.20. The molecular weight excluding hydrogens is 294 g/mol. The molecule has 18 heavy (non-hydrogen) atoms. The monoisotopic (exact) mass is 307 g/mol. The van der Waals surface area contributed by atoms with Crippen molar-refractivity contribution in [2.24, 2.45) is 0 Å². The average Bonchev–Trinajstić information content (AvgIpc) is 2.79. The van der Waals surface area contributed by atoms with Gasteiger partial charge in [0.1, 0.15) is 5.82 Å². The molecule has 0 aliphatic heterocycles. The maximum Gasteiger partial charge on any atom is 0.225 e. The van der Waals surface area contributed by atoms with E-state index in [-0.39, 0.29) is 5.91 Å². The van der Waals surface area contributed by atoms with Gasteiger partial charge in [0.15, 0.2) is 0 Å². The van der Waals surface area contributed by atoms with E-state index in [0.29, 0.717) is 13.0 Å². The molecule has 1 aromatic carbocycles. The van der Waals surface area contributed by atoms with Crippen LogP contribution in [-0.2, 0) is 11.3 Å². The quantitative estimate of drug-likeness (QED) is 0.943. The van der Waals surface area contributed by atoms with Gasteiger partial charge in [0.05, 0.1) is 12.7 Å². The van der Waals surface area contributed by atoms with Gasteiger partial charge >= 0.3 is 0 Å². The highest BCUT2D eigenvalue weighted by molar-refractivity contribution is 9.10. The van der Waals surface area contributed by atoms with Crippen LogP contribution < -0.4 is 5.32 Å². The Hall–Kier alpha value is -1.62. The van der Waals surface area contributed by atoms with Crippen LogP contribution in [-0.4, -0.2) is 15.7 Å². The van der Waals surface area contributed by atoms with Crippen molar-refractivity contribution in [2.45, 2.75) is 19.9 Å². The largest absolute Gasteiger partial charge is 0.311 e. The third-order valence-corrected chi connectivity index (χ3v) is 3.08. The molecule has 0 aliphatic carbocycles. The van der Waals surface area contributed by atoms with Crippen LogP contribution in [0.3, 0.4) is 0 Å². The molecule has 5 heteroatoms. The van der Waals surface area contributed by atoms with Crippen molar-refractivity contribution in [3.05, 3.63) is 46.6 Å². The third-order valence-electron chi connectivity index (χ3n) is 2.55. The van der Waals surface area contributed by atoms with Gasteiger partial charge in [-0.15, -0.1) is 0 Å². The van der Waals surface area contributed by atoms with Crippen molar-refractivity contribution in [1.29, 1.82) is 0 Å². The molecular formula is C13H14BrN3O. The fourth-order valence-electron chi connectivity index (χ4n) is 1.56. The number of nitrogens with zero attached hydrogens (tertiary/aromatic N) is 2. The van der Waals surface area contributed by atoms with Gasteiger partial charge in [-0.2, -0.15) is 5.10 Å². The number of rotatable bonds is 4. The van der Waals surface area contributed by atoms with Gasteiger partial charge in [-0.25, -0.2) is 4.68 Å². The Labute approximate surface area is 114 Å². The minimum absolute atomic E-state index is 0.00689. The summed E-state index contributed by atoms with van der Waals surface area (Å²) in [5.74, 6) is 0.720. The SMILES string of the molecule is CCC(=O)Nc1ccnn1Cc1ccc(Br)cc1. The molecule has 1 aromatic heterocycles. The Kier molecular flexibility index (Phi) is 4.15. The van der Waals surface area contributed by atoms with Gasteiger partial charge in [-0.05, 0) is 17.7 Å². The molecule has 0 saturated carbocycles. The van der Waals surface area contributed by atoms with Crippen LogP contribution in [0.1, 0.15) is 18.9 Å². The van der Waals surface area contributed by atoms with E-state index < -0.39 is 0 Å². The average molecular weight is 308 g/mol. The number of hydrogen-bond acceptors (Lipinski definition) is 2. The summed E-state index contributed by atoms with van der Waals surface area (Å²) < 4.78 is 2.82. The van der Waals surface area contributed by atoms with E-state index in [0.717, 1.165) is 15.9 Å². The fourth-order valence-corrected chi connectivity index (χ4v) is 1.82. The normalized spacial score (nSPS) is 10.3. The van der Waals surface area contributed by atoms with Crippen LogP contribution in [0.4, 0.5) is 5.82 Å². The summed E-state index contributed by atoms with van der Waals surface area (Å²) >= 11 is 3.40. The van der Waals surface area contributed by atoms with Crippen LogP contribution >= 0.6 is 15.9 Å². The van der Waals surface area contributed by atoms with Gasteiger partial charge in [-0.1, -0.05) is 35.0 Å². The lowest BCUT2D eigenvalue weighted by atomic mass is 10.2. The number of benzene rings is 1. The van der Waals surface area contributed by atoms with E-state index in [1.165, 1.54) is 0 Å². The summed E-state index contributed by atoms with van der Waals surface area (Å²) in [7, 11) is 0. The molecule has 0 bridgehead atoms. The first-order chi connectivity index (χ1) is 8.69. The minimum Gasteiger partial charge on any atom is -0.311 e. The molecule has 0 fully saturated rings. The van der Waals surface area contributed by atoms with Crippen molar-refractivity contribution in [1.82, 2.24) is 9.78 Å². The van der Waals surface area contributed by atoms with E-state index in [9.17, 15) is 4.79 Å². The second kappa shape index (κ2) is 5.82. The molecule has 0 radical (unpaired) electrons. The topological polar surface area (TPSA) is 46.9 Å². The summed E-state index contributed by atoms with van der Waals surface area (Å²) in [4.78, 5) is 11.4. The molecule has 0 atom stereocenters. The maximum absolute atomic E-state index is 11.4.